The molecule has 0 unspecified atom stereocenters. The molecule has 2 aromatic heterocycles. The van der Waals surface area contributed by atoms with E-state index in [1.54, 1.807) is 4.68 Å². The van der Waals surface area contributed by atoms with Crippen LogP contribution in [0.25, 0.3) is 0 Å². The van der Waals surface area contributed by atoms with Crippen molar-refractivity contribution in [1.29, 1.82) is 0 Å². The van der Waals surface area contributed by atoms with Crippen LogP contribution in [0.5, 0.6) is 5.75 Å². The van der Waals surface area contributed by atoms with Crippen LogP contribution in [0.2, 0.25) is 0 Å². The molecule has 5 nitrogen and oxygen atoms in total. The van der Waals surface area contributed by atoms with Gasteiger partial charge in [-0.05, 0) is 26.0 Å². The predicted octanol–water partition coefficient (Wildman–Crippen LogP) is 2.32. The second kappa shape index (κ2) is 5.82. The van der Waals surface area contributed by atoms with E-state index in [-0.39, 0.29) is 0 Å². The second-order valence-corrected chi connectivity index (χ2v) is 4.08. The van der Waals surface area contributed by atoms with Gasteiger partial charge in [-0.15, -0.1) is 11.6 Å². The van der Waals surface area contributed by atoms with Gasteiger partial charge < -0.3 is 4.74 Å². The first-order valence-corrected chi connectivity index (χ1v) is 6.30. The minimum Gasteiger partial charge on any atom is -0.484 e. The summed E-state index contributed by atoms with van der Waals surface area (Å²) in [5.41, 5.74) is 1.67. The minimum atomic E-state index is 0.331. The van der Waals surface area contributed by atoms with E-state index in [2.05, 4.69) is 15.1 Å². The number of aryl methyl sites for hydroxylation is 2. The molecular weight excluding hydrogens is 252 g/mol. The molecular formula is C12H15ClN4O. The van der Waals surface area contributed by atoms with Gasteiger partial charge in [-0.3, -0.25) is 4.98 Å². The topological polar surface area (TPSA) is 52.8 Å². The van der Waals surface area contributed by atoms with Gasteiger partial charge in [0.05, 0.1) is 11.6 Å². The third-order valence-electron chi connectivity index (χ3n) is 2.55. The molecule has 6 heteroatoms. The number of pyridine rings is 1. The largest absolute Gasteiger partial charge is 0.484 e. The van der Waals surface area contributed by atoms with Gasteiger partial charge in [-0.25, -0.2) is 9.67 Å². The lowest BCUT2D eigenvalue weighted by Gasteiger charge is -2.09. The zero-order chi connectivity index (χ0) is 13.0. The summed E-state index contributed by atoms with van der Waals surface area (Å²) in [4.78, 5) is 8.48. The molecule has 2 aromatic rings. The van der Waals surface area contributed by atoms with E-state index < -0.39 is 0 Å². The quantitative estimate of drug-likeness (QED) is 0.780. The minimum absolute atomic E-state index is 0.331. The molecule has 2 heterocycles. The maximum absolute atomic E-state index is 5.85. The molecule has 0 radical (unpaired) electrons. The van der Waals surface area contributed by atoms with E-state index in [9.17, 15) is 0 Å². The summed E-state index contributed by atoms with van der Waals surface area (Å²) >= 11 is 5.85. The number of alkyl halides is 1. The number of halogens is 1. The number of ether oxygens (including phenoxy) is 1. The summed E-state index contributed by atoms with van der Waals surface area (Å²) in [5, 5.41) is 4.09. The van der Waals surface area contributed by atoms with Crippen LogP contribution in [0.4, 0.5) is 0 Å². The molecule has 18 heavy (non-hydrogen) atoms. The van der Waals surface area contributed by atoms with E-state index in [1.165, 1.54) is 6.33 Å². The van der Waals surface area contributed by atoms with Crippen molar-refractivity contribution in [3.05, 3.63) is 35.7 Å². The van der Waals surface area contributed by atoms with E-state index in [0.717, 1.165) is 23.8 Å². The standard InChI is InChI=1S/C12H15ClN4O/c1-3-17-12(14-8-15-17)7-18-11-5-4-9(2)16-10(11)6-13/h4-5,8H,3,6-7H2,1-2H3. The number of nitrogens with zero attached hydrogens (tertiary/aromatic N) is 4. The molecule has 0 amide bonds. The summed E-state index contributed by atoms with van der Waals surface area (Å²) in [5.74, 6) is 1.82. The van der Waals surface area contributed by atoms with E-state index in [0.29, 0.717) is 18.2 Å². The Morgan fingerprint density at radius 3 is 2.94 bits per heavy atom. The molecule has 0 saturated carbocycles. The van der Waals surface area contributed by atoms with Crippen LogP contribution in [-0.2, 0) is 19.0 Å². The van der Waals surface area contributed by atoms with Crippen LogP contribution in [-0.4, -0.2) is 19.7 Å². The molecule has 0 spiro atoms. The van der Waals surface area contributed by atoms with Gasteiger partial charge in [0, 0.05) is 12.2 Å². The Bertz CT molecular complexity index is 527. The van der Waals surface area contributed by atoms with Crippen molar-refractivity contribution >= 4 is 11.6 Å². The molecule has 0 saturated heterocycles. The van der Waals surface area contributed by atoms with Gasteiger partial charge in [0.1, 0.15) is 18.7 Å². The lowest BCUT2D eigenvalue weighted by molar-refractivity contribution is 0.283. The van der Waals surface area contributed by atoms with Gasteiger partial charge in [0.2, 0.25) is 0 Å². The summed E-state index contributed by atoms with van der Waals surface area (Å²) < 4.78 is 7.49. The Morgan fingerprint density at radius 2 is 2.22 bits per heavy atom. The molecule has 0 aliphatic carbocycles. The van der Waals surface area contributed by atoms with Crippen molar-refractivity contribution in [1.82, 2.24) is 19.7 Å². The van der Waals surface area contributed by atoms with Gasteiger partial charge in [0.25, 0.3) is 0 Å². The molecule has 0 aliphatic heterocycles. The maximum atomic E-state index is 5.85. The fourth-order valence-corrected chi connectivity index (χ4v) is 1.82. The van der Waals surface area contributed by atoms with Crippen LogP contribution in [0.15, 0.2) is 18.5 Å². The van der Waals surface area contributed by atoms with Gasteiger partial charge in [0.15, 0.2) is 5.82 Å². The molecule has 0 N–H and O–H groups in total. The summed E-state index contributed by atoms with van der Waals surface area (Å²) in [6.45, 7) is 5.07. The normalized spacial score (nSPS) is 10.6. The number of hydrogen-bond donors (Lipinski definition) is 0. The zero-order valence-electron chi connectivity index (χ0n) is 10.4. The highest BCUT2D eigenvalue weighted by Gasteiger charge is 2.08. The number of aromatic nitrogens is 4. The van der Waals surface area contributed by atoms with Crippen LogP contribution in [0, 0.1) is 6.92 Å². The van der Waals surface area contributed by atoms with Crippen LogP contribution in [0.1, 0.15) is 24.1 Å². The third-order valence-corrected chi connectivity index (χ3v) is 2.80. The summed E-state index contributed by atoms with van der Waals surface area (Å²) in [7, 11) is 0. The van der Waals surface area contributed by atoms with Crippen molar-refractivity contribution in [2.24, 2.45) is 0 Å². The van der Waals surface area contributed by atoms with Crippen LogP contribution < -0.4 is 4.74 Å². The summed E-state index contributed by atoms with van der Waals surface area (Å²) in [6, 6.07) is 3.78. The molecule has 0 aromatic carbocycles. The third kappa shape index (κ3) is 2.79. The van der Waals surface area contributed by atoms with E-state index >= 15 is 0 Å². The van der Waals surface area contributed by atoms with Crippen molar-refractivity contribution in [2.75, 3.05) is 0 Å². The summed E-state index contributed by atoms with van der Waals surface area (Å²) in [6.07, 6.45) is 1.53. The highest BCUT2D eigenvalue weighted by molar-refractivity contribution is 6.17. The Hall–Kier alpha value is -1.62. The van der Waals surface area contributed by atoms with E-state index in [4.69, 9.17) is 16.3 Å². The first-order chi connectivity index (χ1) is 8.74. The van der Waals surface area contributed by atoms with Crippen LogP contribution >= 0.6 is 11.6 Å². The Balaban J connectivity index is 2.10. The predicted molar refractivity (Wildman–Crippen MR) is 68.6 cm³/mol. The first-order valence-electron chi connectivity index (χ1n) is 5.76. The average molecular weight is 267 g/mol. The molecule has 0 aliphatic rings. The van der Waals surface area contributed by atoms with Crippen molar-refractivity contribution in [3.63, 3.8) is 0 Å². The Labute approximate surface area is 111 Å². The zero-order valence-corrected chi connectivity index (χ0v) is 11.2. The lowest BCUT2D eigenvalue weighted by atomic mass is 10.3. The lowest BCUT2D eigenvalue weighted by Crippen LogP contribution is -2.08. The molecule has 0 bridgehead atoms. The Morgan fingerprint density at radius 1 is 1.39 bits per heavy atom. The van der Waals surface area contributed by atoms with Crippen molar-refractivity contribution < 1.29 is 4.74 Å². The smallest absolute Gasteiger partial charge is 0.164 e. The molecule has 0 atom stereocenters. The number of rotatable bonds is 5. The van der Waals surface area contributed by atoms with Gasteiger partial charge >= 0.3 is 0 Å². The fraction of sp³-hybridized carbons (Fsp3) is 0.417. The molecule has 2 rings (SSSR count). The molecule has 96 valence electrons. The second-order valence-electron chi connectivity index (χ2n) is 3.81. The first kappa shape index (κ1) is 12.8. The van der Waals surface area contributed by atoms with E-state index in [1.807, 2.05) is 26.0 Å². The number of hydrogen-bond acceptors (Lipinski definition) is 4. The highest BCUT2D eigenvalue weighted by atomic mass is 35.5. The Kier molecular flexibility index (Phi) is 4.15. The highest BCUT2D eigenvalue weighted by Crippen LogP contribution is 2.19. The fourth-order valence-electron chi connectivity index (χ4n) is 1.63. The van der Waals surface area contributed by atoms with Crippen molar-refractivity contribution in [2.45, 2.75) is 32.9 Å². The van der Waals surface area contributed by atoms with Crippen LogP contribution in [0.3, 0.4) is 0 Å². The average Bonchev–Trinajstić information content (AvgIpc) is 2.84. The maximum Gasteiger partial charge on any atom is 0.164 e. The SMILES string of the molecule is CCn1ncnc1COc1ccc(C)nc1CCl. The monoisotopic (exact) mass is 266 g/mol. The van der Waals surface area contributed by atoms with Crippen molar-refractivity contribution in [3.8, 4) is 5.75 Å². The van der Waals surface area contributed by atoms with Gasteiger partial charge in [-0.1, -0.05) is 0 Å². The van der Waals surface area contributed by atoms with Gasteiger partial charge in [-0.2, -0.15) is 5.10 Å². The molecule has 0 fully saturated rings.